The van der Waals surface area contributed by atoms with Crippen LogP contribution in [0, 0.1) is 32.6 Å². The van der Waals surface area contributed by atoms with E-state index >= 15 is 0 Å². The first kappa shape index (κ1) is 14.9. The fourth-order valence-electron chi connectivity index (χ4n) is 5.02. The minimum Gasteiger partial charge on any atom is -0.511 e. The Morgan fingerprint density at radius 3 is 2.57 bits per heavy atom. The molecule has 3 nitrogen and oxygen atoms in total. The highest BCUT2D eigenvalue weighted by molar-refractivity contribution is 6.26. The topological polar surface area (TPSA) is 46.5 Å². The van der Waals surface area contributed by atoms with Crippen LogP contribution >= 0.6 is 0 Å². The van der Waals surface area contributed by atoms with Gasteiger partial charge in [-0.15, -0.1) is 0 Å². The first-order chi connectivity index (χ1) is 10.9. The molecule has 0 unspecified atom stereocenters. The molecule has 2 aliphatic heterocycles. The van der Waals surface area contributed by atoms with Gasteiger partial charge in [-0.05, 0) is 50.3 Å². The molecule has 1 N–H and O–H groups in total. The van der Waals surface area contributed by atoms with E-state index in [1.807, 2.05) is 32.9 Å². The average Bonchev–Trinajstić information content (AvgIpc) is 3.12. The quantitative estimate of drug-likeness (QED) is 0.907. The van der Waals surface area contributed by atoms with Crippen LogP contribution in [0.5, 0.6) is 0 Å². The Morgan fingerprint density at radius 1 is 1.30 bits per heavy atom. The van der Waals surface area contributed by atoms with Crippen molar-refractivity contribution in [2.24, 2.45) is 11.8 Å². The number of halogens is 1. The molecular formula is C19H21FO3. The van der Waals surface area contributed by atoms with Gasteiger partial charge in [0.15, 0.2) is 5.78 Å². The number of ketones is 1. The van der Waals surface area contributed by atoms with E-state index in [4.69, 9.17) is 4.74 Å². The van der Waals surface area contributed by atoms with Gasteiger partial charge in [-0.25, -0.2) is 4.39 Å². The summed E-state index contributed by atoms with van der Waals surface area (Å²) in [5.74, 6) is -0.985. The number of Topliss-reactive ketones (excluding diaryl/α,β-unsaturated/α-hetero) is 1. The lowest BCUT2D eigenvalue weighted by Gasteiger charge is -2.29. The van der Waals surface area contributed by atoms with Crippen LogP contribution in [0.4, 0.5) is 4.39 Å². The van der Waals surface area contributed by atoms with Gasteiger partial charge >= 0.3 is 0 Å². The highest BCUT2D eigenvalue weighted by Gasteiger charge is 2.67. The number of aliphatic hydroxyl groups is 1. The van der Waals surface area contributed by atoms with Crippen molar-refractivity contribution in [2.45, 2.75) is 45.3 Å². The summed E-state index contributed by atoms with van der Waals surface area (Å²) >= 11 is 0. The first-order valence-corrected chi connectivity index (χ1v) is 8.19. The lowest BCUT2D eigenvalue weighted by Crippen LogP contribution is -2.42. The molecular weight excluding hydrogens is 295 g/mol. The number of carbonyl (C=O) groups is 1. The summed E-state index contributed by atoms with van der Waals surface area (Å²) in [5, 5.41) is 10.8. The van der Waals surface area contributed by atoms with E-state index < -0.39 is 18.2 Å². The minimum absolute atomic E-state index is 0.107. The maximum atomic E-state index is 13.7. The Kier molecular flexibility index (Phi) is 3.02. The van der Waals surface area contributed by atoms with Crippen LogP contribution in [0.2, 0.25) is 0 Å². The third-order valence-electron chi connectivity index (χ3n) is 5.82. The van der Waals surface area contributed by atoms with Gasteiger partial charge in [0.1, 0.15) is 18.0 Å². The van der Waals surface area contributed by atoms with Crippen molar-refractivity contribution in [3.8, 4) is 0 Å². The van der Waals surface area contributed by atoms with Gasteiger partial charge in [0, 0.05) is 0 Å². The largest absolute Gasteiger partial charge is 0.511 e. The number of hydrogen-bond donors (Lipinski definition) is 1. The van der Waals surface area contributed by atoms with Gasteiger partial charge in [-0.2, -0.15) is 0 Å². The summed E-state index contributed by atoms with van der Waals surface area (Å²) in [5.41, 5.74) is 3.25. The summed E-state index contributed by atoms with van der Waals surface area (Å²) in [7, 11) is 0. The number of carbonyl (C=O) groups excluding carboxylic acids is 1. The zero-order chi connectivity index (χ0) is 16.5. The molecule has 4 heteroatoms. The highest BCUT2D eigenvalue weighted by atomic mass is 19.1. The smallest absolute Gasteiger partial charge is 0.173 e. The molecule has 0 saturated carbocycles. The molecule has 0 spiro atoms. The zero-order valence-corrected chi connectivity index (χ0v) is 13.6. The second kappa shape index (κ2) is 4.67. The van der Waals surface area contributed by atoms with E-state index in [2.05, 4.69) is 0 Å². The van der Waals surface area contributed by atoms with E-state index in [0.29, 0.717) is 18.4 Å². The fraction of sp³-hybridized carbons (Fsp3) is 0.526. The summed E-state index contributed by atoms with van der Waals surface area (Å²) in [6, 6.07) is 4.03. The average molecular weight is 316 g/mol. The first-order valence-electron chi connectivity index (χ1n) is 8.19. The van der Waals surface area contributed by atoms with Gasteiger partial charge < -0.3 is 9.84 Å². The number of fused-ring (bicyclic) bond motifs is 5. The fourth-order valence-corrected chi connectivity index (χ4v) is 5.02. The molecule has 0 aromatic heterocycles. The molecule has 2 fully saturated rings. The predicted molar refractivity (Wildman–Crippen MR) is 85.0 cm³/mol. The van der Waals surface area contributed by atoms with E-state index in [9.17, 15) is 14.3 Å². The molecule has 1 aromatic rings. The molecule has 122 valence electrons. The Morgan fingerprint density at radius 2 is 1.96 bits per heavy atom. The molecule has 4 rings (SSSR count). The normalized spacial score (nSPS) is 35.3. The Bertz CT molecular complexity index is 728. The molecule has 3 aliphatic rings. The zero-order valence-electron chi connectivity index (χ0n) is 13.6. The van der Waals surface area contributed by atoms with Gasteiger partial charge in [-0.1, -0.05) is 17.7 Å². The van der Waals surface area contributed by atoms with Crippen LogP contribution in [0.15, 0.2) is 17.9 Å². The van der Waals surface area contributed by atoms with Crippen LogP contribution in [0.1, 0.15) is 35.1 Å². The van der Waals surface area contributed by atoms with Crippen molar-refractivity contribution in [1.82, 2.24) is 0 Å². The van der Waals surface area contributed by atoms with Crippen molar-refractivity contribution in [2.75, 3.05) is 6.67 Å². The van der Waals surface area contributed by atoms with E-state index in [1.54, 1.807) is 0 Å². The number of benzene rings is 1. The number of allylic oxidation sites excluding steroid dienone is 1. The lowest BCUT2D eigenvalue weighted by atomic mass is 9.72. The van der Waals surface area contributed by atoms with Crippen LogP contribution in [-0.2, 0) is 9.53 Å². The van der Waals surface area contributed by atoms with Gasteiger partial charge in [0.05, 0.1) is 23.5 Å². The lowest BCUT2D eigenvalue weighted by molar-refractivity contribution is -0.123. The van der Waals surface area contributed by atoms with Crippen LogP contribution in [-0.4, -0.2) is 29.3 Å². The number of ether oxygens (including phenoxy) is 1. The second-order valence-electron chi connectivity index (χ2n) is 7.30. The molecule has 2 bridgehead atoms. The molecule has 0 amide bonds. The van der Waals surface area contributed by atoms with Crippen molar-refractivity contribution >= 4 is 11.4 Å². The van der Waals surface area contributed by atoms with Gasteiger partial charge in [0.25, 0.3) is 0 Å². The predicted octanol–water partition coefficient (Wildman–Crippen LogP) is 3.60. The molecule has 4 atom stereocenters. The molecule has 2 saturated heterocycles. The van der Waals surface area contributed by atoms with Crippen molar-refractivity contribution in [3.05, 3.63) is 40.1 Å². The van der Waals surface area contributed by atoms with E-state index in [0.717, 1.165) is 22.3 Å². The summed E-state index contributed by atoms with van der Waals surface area (Å²) in [4.78, 5) is 13.1. The van der Waals surface area contributed by atoms with Crippen LogP contribution in [0.25, 0.3) is 5.57 Å². The SMILES string of the molecule is Cc1cc(C)c(C2=C(O)[C@H]3[C@@H]4CC[C@@](CF)(O4)[C@H]3C2=O)c(C)c1. The Labute approximate surface area is 135 Å². The third-order valence-corrected chi connectivity index (χ3v) is 5.82. The van der Waals surface area contributed by atoms with Crippen molar-refractivity contribution < 1.29 is 19.0 Å². The molecule has 0 radical (unpaired) electrons. The standard InChI is InChI=1S/C19H21FO3/c1-9-6-10(2)13(11(3)7-9)15-17(21)14-12-4-5-19(8-20,23-12)16(14)18(15)22/h6-7,12,14,16,21H,4-5,8H2,1-3H3/t12-,14-,16+,19-/m0/s1. The number of aliphatic hydroxyl groups excluding tert-OH is 1. The maximum Gasteiger partial charge on any atom is 0.173 e. The molecule has 1 aromatic carbocycles. The van der Waals surface area contributed by atoms with Crippen LogP contribution < -0.4 is 0 Å². The third kappa shape index (κ3) is 1.76. The minimum atomic E-state index is -1.02. The van der Waals surface area contributed by atoms with Gasteiger partial charge in [0.2, 0.25) is 0 Å². The molecule has 1 aliphatic carbocycles. The Hall–Kier alpha value is -1.68. The maximum absolute atomic E-state index is 13.7. The number of alkyl halides is 1. The van der Waals surface area contributed by atoms with Crippen molar-refractivity contribution in [3.63, 3.8) is 0 Å². The van der Waals surface area contributed by atoms with E-state index in [1.165, 1.54) is 0 Å². The number of aryl methyl sites for hydroxylation is 3. The second-order valence-corrected chi connectivity index (χ2v) is 7.30. The molecule has 23 heavy (non-hydrogen) atoms. The van der Waals surface area contributed by atoms with Crippen molar-refractivity contribution in [1.29, 1.82) is 0 Å². The highest BCUT2D eigenvalue weighted by Crippen LogP contribution is 2.59. The number of rotatable bonds is 2. The van der Waals surface area contributed by atoms with Crippen LogP contribution in [0.3, 0.4) is 0 Å². The monoisotopic (exact) mass is 316 g/mol. The molecule has 2 heterocycles. The summed E-state index contributed by atoms with van der Waals surface area (Å²) in [6.07, 6.45) is 1.04. The summed E-state index contributed by atoms with van der Waals surface area (Å²) in [6.45, 7) is 5.25. The summed E-state index contributed by atoms with van der Waals surface area (Å²) < 4.78 is 19.5. The van der Waals surface area contributed by atoms with Gasteiger partial charge in [-0.3, -0.25) is 4.79 Å². The van der Waals surface area contributed by atoms with E-state index in [-0.39, 0.29) is 23.6 Å². The Balaban J connectivity index is 1.88. The number of hydrogen-bond acceptors (Lipinski definition) is 3.